The van der Waals surface area contributed by atoms with Crippen molar-refractivity contribution in [1.29, 1.82) is 0 Å². The number of carbonyl (C=O) groups is 1. The van der Waals surface area contributed by atoms with Crippen LogP contribution in [-0.4, -0.2) is 18.7 Å². The van der Waals surface area contributed by atoms with Crippen LogP contribution in [0.2, 0.25) is 5.02 Å². The van der Waals surface area contributed by atoms with Gasteiger partial charge in [-0.25, -0.2) is 0 Å². The van der Waals surface area contributed by atoms with Gasteiger partial charge < -0.3 is 5.32 Å². The van der Waals surface area contributed by atoms with E-state index in [2.05, 4.69) is 12.2 Å². The lowest BCUT2D eigenvalue weighted by atomic mass is 10.2. The van der Waals surface area contributed by atoms with Gasteiger partial charge in [-0.05, 0) is 24.0 Å². The van der Waals surface area contributed by atoms with Crippen LogP contribution in [0.15, 0.2) is 23.1 Å². The van der Waals surface area contributed by atoms with E-state index >= 15 is 0 Å². The Morgan fingerprint density at radius 1 is 1.57 bits per heavy atom. The minimum Gasteiger partial charge on any atom is -0.355 e. The molecule has 1 aromatic rings. The Kier molecular flexibility index (Phi) is 4.29. The molecule has 0 bridgehead atoms. The molecule has 76 valence electrons. The van der Waals surface area contributed by atoms with Crippen LogP contribution in [0.4, 0.5) is 0 Å². The van der Waals surface area contributed by atoms with E-state index in [9.17, 15) is 4.79 Å². The topological polar surface area (TPSA) is 29.1 Å². The van der Waals surface area contributed by atoms with E-state index in [1.807, 2.05) is 6.07 Å². The molecule has 0 aliphatic carbocycles. The number of rotatable bonds is 3. The number of hydrogen-bond acceptors (Lipinski definition) is 2. The number of carbonyl (C=O) groups excluding carboxylic acids is 1. The third-order valence-corrected chi connectivity index (χ3v) is 3.10. The van der Waals surface area contributed by atoms with E-state index in [0.29, 0.717) is 10.6 Å². The second kappa shape index (κ2) is 5.27. The van der Waals surface area contributed by atoms with E-state index in [-0.39, 0.29) is 5.91 Å². The lowest BCUT2D eigenvalue weighted by molar-refractivity contribution is 0.0963. The summed E-state index contributed by atoms with van der Waals surface area (Å²) in [4.78, 5) is 12.3. The van der Waals surface area contributed by atoms with E-state index in [1.165, 1.54) is 0 Å². The third kappa shape index (κ3) is 2.66. The molecular weight excluding hydrogens is 218 g/mol. The van der Waals surface area contributed by atoms with Crippen molar-refractivity contribution in [3.8, 4) is 0 Å². The van der Waals surface area contributed by atoms with Crippen molar-refractivity contribution in [2.75, 3.05) is 12.8 Å². The van der Waals surface area contributed by atoms with Crippen LogP contribution in [0, 0.1) is 0 Å². The van der Waals surface area contributed by atoms with Crippen molar-refractivity contribution in [2.45, 2.75) is 11.8 Å². The molecule has 0 heterocycles. The molecule has 14 heavy (non-hydrogen) atoms. The largest absolute Gasteiger partial charge is 0.355 e. The Balaban J connectivity index is 2.94. The van der Waals surface area contributed by atoms with Gasteiger partial charge in [-0.3, -0.25) is 4.79 Å². The van der Waals surface area contributed by atoms with Gasteiger partial charge in [0.05, 0.1) is 5.02 Å². The highest BCUT2D eigenvalue weighted by Gasteiger charge is 2.06. The molecule has 1 aromatic carbocycles. The van der Waals surface area contributed by atoms with Crippen molar-refractivity contribution < 1.29 is 4.79 Å². The molecule has 1 rings (SSSR count). The number of amides is 1. The van der Waals surface area contributed by atoms with Crippen LogP contribution in [0.25, 0.3) is 0 Å². The van der Waals surface area contributed by atoms with Gasteiger partial charge in [0.1, 0.15) is 0 Å². The average Bonchev–Trinajstić information content (AvgIpc) is 2.20. The maximum absolute atomic E-state index is 11.3. The average molecular weight is 230 g/mol. The molecule has 2 nitrogen and oxygen atoms in total. The Morgan fingerprint density at radius 2 is 2.29 bits per heavy atom. The summed E-state index contributed by atoms with van der Waals surface area (Å²) < 4.78 is 0. The zero-order valence-electron chi connectivity index (χ0n) is 8.13. The molecular formula is C10H12ClNOS. The van der Waals surface area contributed by atoms with Crippen molar-refractivity contribution in [3.63, 3.8) is 0 Å². The first kappa shape index (κ1) is 11.4. The van der Waals surface area contributed by atoms with Crippen LogP contribution in [-0.2, 0) is 0 Å². The molecule has 0 aliphatic heterocycles. The number of thioether (sulfide) groups is 1. The molecule has 4 heteroatoms. The maximum atomic E-state index is 11.3. The highest BCUT2D eigenvalue weighted by atomic mass is 35.5. The van der Waals surface area contributed by atoms with Crippen LogP contribution in [0.5, 0.6) is 0 Å². The highest BCUT2D eigenvalue weighted by molar-refractivity contribution is 7.99. The fourth-order valence-corrected chi connectivity index (χ4v) is 2.08. The van der Waals surface area contributed by atoms with Crippen molar-refractivity contribution in [3.05, 3.63) is 28.8 Å². The summed E-state index contributed by atoms with van der Waals surface area (Å²) in [5, 5.41) is 3.19. The van der Waals surface area contributed by atoms with Gasteiger partial charge in [0.15, 0.2) is 0 Å². The highest BCUT2D eigenvalue weighted by Crippen LogP contribution is 2.27. The van der Waals surface area contributed by atoms with E-state index in [1.54, 1.807) is 30.9 Å². The molecule has 0 aromatic heterocycles. The second-order valence-electron chi connectivity index (χ2n) is 2.66. The van der Waals surface area contributed by atoms with Crippen LogP contribution in [0.1, 0.15) is 17.3 Å². The zero-order valence-corrected chi connectivity index (χ0v) is 9.71. The summed E-state index contributed by atoms with van der Waals surface area (Å²) >= 11 is 7.67. The standard InChI is InChI=1S/C10H12ClNOS/c1-3-14-9-5-4-7(6-8(9)11)10(13)12-2/h4-6H,3H2,1-2H3,(H,12,13). The minimum atomic E-state index is -0.111. The molecule has 0 saturated carbocycles. The third-order valence-electron chi connectivity index (χ3n) is 1.72. The Labute approximate surface area is 93.0 Å². The van der Waals surface area contributed by atoms with E-state index < -0.39 is 0 Å². The van der Waals surface area contributed by atoms with Gasteiger partial charge in [-0.1, -0.05) is 18.5 Å². The predicted octanol–water partition coefficient (Wildman–Crippen LogP) is 2.81. The monoisotopic (exact) mass is 229 g/mol. The Morgan fingerprint density at radius 3 is 2.79 bits per heavy atom. The zero-order chi connectivity index (χ0) is 10.6. The van der Waals surface area contributed by atoms with Gasteiger partial charge >= 0.3 is 0 Å². The first-order valence-electron chi connectivity index (χ1n) is 4.33. The molecule has 0 radical (unpaired) electrons. The number of benzene rings is 1. The molecule has 0 fully saturated rings. The molecule has 0 atom stereocenters. The summed E-state index contributed by atoms with van der Waals surface area (Å²) in [6.45, 7) is 2.06. The van der Waals surface area contributed by atoms with Crippen molar-refractivity contribution in [1.82, 2.24) is 5.32 Å². The number of halogens is 1. The normalized spacial score (nSPS) is 9.93. The fraction of sp³-hybridized carbons (Fsp3) is 0.300. The first-order chi connectivity index (χ1) is 6.69. The van der Waals surface area contributed by atoms with E-state index in [0.717, 1.165) is 10.6 Å². The van der Waals surface area contributed by atoms with Gasteiger partial charge in [0.25, 0.3) is 5.91 Å². The van der Waals surface area contributed by atoms with Gasteiger partial charge in [0.2, 0.25) is 0 Å². The summed E-state index contributed by atoms with van der Waals surface area (Å²) in [7, 11) is 1.60. The smallest absolute Gasteiger partial charge is 0.251 e. The molecule has 1 N–H and O–H groups in total. The van der Waals surface area contributed by atoms with Gasteiger partial charge in [0, 0.05) is 17.5 Å². The summed E-state index contributed by atoms with van der Waals surface area (Å²) in [5.74, 6) is 0.860. The lowest BCUT2D eigenvalue weighted by Gasteiger charge is -2.04. The predicted molar refractivity (Wildman–Crippen MR) is 61.2 cm³/mol. The summed E-state index contributed by atoms with van der Waals surface area (Å²) in [5.41, 5.74) is 0.595. The summed E-state index contributed by atoms with van der Waals surface area (Å²) in [6.07, 6.45) is 0. The molecule has 0 unspecified atom stereocenters. The van der Waals surface area contributed by atoms with Crippen LogP contribution < -0.4 is 5.32 Å². The quantitative estimate of drug-likeness (QED) is 0.808. The van der Waals surface area contributed by atoms with Crippen LogP contribution >= 0.6 is 23.4 Å². The maximum Gasteiger partial charge on any atom is 0.251 e. The molecule has 1 amide bonds. The van der Waals surface area contributed by atoms with Crippen LogP contribution in [0.3, 0.4) is 0 Å². The molecule has 0 saturated heterocycles. The second-order valence-corrected chi connectivity index (χ2v) is 4.37. The SMILES string of the molecule is CCSc1ccc(C(=O)NC)cc1Cl. The van der Waals surface area contributed by atoms with Crippen molar-refractivity contribution in [2.24, 2.45) is 0 Å². The molecule has 0 spiro atoms. The van der Waals surface area contributed by atoms with Gasteiger partial charge in [-0.15, -0.1) is 11.8 Å². The molecule has 0 aliphatic rings. The Bertz CT molecular complexity index is 341. The van der Waals surface area contributed by atoms with E-state index in [4.69, 9.17) is 11.6 Å². The minimum absolute atomic E-state index is 0.111. The van der Waals surface area contributed by atoms with Crippen molar-refractivity contribution >= 4 is 29.3 Å². The number of nitrogens with one attached hydrogen (secondary N) is 1. The Hall–Kier alpha value is -0.670. The first-order valence-corrected chi connectivity index (χ1v) is 5.69. The lowest BCUT2D eigenvalue weighted by Crippen LogP contribution is -2.17. The fourth-order valence-electron chi connectivity index (χ4n) is 1.06. The van der Waals surface area contributed by atoms with Gasteiger partial charge in [-0.2, -0.15) is 0 Å². The number of hydrogen-bond donors (Lipinski definition) is 1. The summed E-state index contributed by atoms with van der Waals surface area (Å²) in [6, 6.07) is 5.35.